The number of hydrogen-bond donors (Lipinski definition) is 7. The van der Waals surface area contributed by atoms with Gasteiger partial charge in [-0.15, -0.1) is 5.10 Å². The van der Waals surface area contributed by atoms with Gasteiger partial charge in [0.15, 0.2) is 41.0 Å². The lowest BCUT2D eigenvalue weighted by molar-refractivity contribution is -0.130. The molecule has 13 rings (SSSR count). The molecule has 6 aliphatic rings. The van der Waals surface area contributed by atoms with Crippen LogP contribution in [0.5, 0.6) is 23.0 Å². The van der Waals surface area contributed by atoms with Crippen molar-refractivity contribution in [3.05, 3.63) is 161 Å². The molecule has 1 saturated carbocycles. The number of guanidine groups is 1. The highest BCUT2D eigenvalue weighted by molar-refractivity contribution is 6.08. The molecule has 1 saturated heterocycles. The Bertz CT molecular complexity index is 4840. The van der Waals surface area contributed by atoms with Gasteiger partial charge in [-0.05, 0) is 135 Å². The molecule has 1 spiro atoms. The highest BCUT2D eigenvalue weighted by Crippen LogP contribution is 2.57. The first-order chi connectivity index (χ1) is 54.5. The summed E-state index contributed by atoms with van der Waals surface area (Å²) in [5.74, 6) is -1.94. The van der Waals surface area contributed by atoms with Crippen LogP contribution in [0.4, 0.5) is 27.5 Å². The van der Waals surface area contributed by atoms with Crippen molar-refractivity contribution in [2.75, 3.05) is 55.6 Å². The average molecular weight is 1540 g/mol. The van der Waals surface area contributed by atoms with Gasteiger partial charge in [0, 0.05) is 105 Å². The van der Waals surface area contributed by atoms with Crippen molar-refractivity contribution in [1.29, 1.82) is 5.41 Å². The van der Waals surface area contributed by atoms with Gasteiger partial charge in [-0.3, -0.25) is 44.0 Å². The molecule has 5 aliphatic heterocycles. The number of aliphatic hydroxyl groups excluding tert-OH is 1. The van der Waals surface area contributed by atoms with Crippen LogP contribution in [-0.4, -0.2) is 154 Å². The minimum Gasteiger partial charge on any atom is -0.493 e. The molecule has 1 unspecified atom stereocenters. The zero-order valence-electron chi connectivity index (χ0n) is 64.8. The fraction of sp³-hybridized carbons (Fsp3) is 0.412. The standard InChI is InChI=1S/C85H98N14O14/c1-50(2)76(92-74(102)21-13-14-34-88-73(101)30-31-75(103)96-46-56-17-9-10-18-60(56)78-77(93-94-99(78)51(3)4)61-19-11-12-20-65(61)96)68(100)37-52(5)79(104)91-58-28-24-54(25-29-58)48-113-84(108)98-66-42-72(70(110-7)40-63(66)81(106)97-49-85(32-33-85)43-67(97)82(98)107)112-36-16-8-15-35-111-71-41-64-62(39-69(71)109-6)80(105)95-47-57(38-59(95)45-89-64)55-26-22-53(23-27-55)44-90-83(86)87/h9-12,17-20,22-29,39-42,45,47,50-52,59,67,76,82,107H,8,13-16,21,30-38,43-44,46,48-49H2,1-7H3,(H,88,101)(H,91,104)(H,92,102)(H4,86,87,90)/t52-,59+,67+,76+,82?/m1/s1. The molecular weight excluding hydrogens is 1440 g/mol. The second kappa shape index (κ2) is 34.8. The van der Waals surface area contributed by atoms with Crippen LogP contribution in [0.1, 0.15) is 167 Å². The number of aromatic nitrogens is 3. The van der Waals surface area contributed by atoms with Crippen LogP contribution in [0, 0.1) is 22.7 Å². The van der Waals surface area contributed by atoms with E-state index in [4.69, 9.17) is 39.8 Å². The Balaban J connectivity index is 0.551. The number of aliphatic imine (C=N–C) groups is 1. The Hall–Kier alpha value is -11.9. The van der Waals surface area contributed by atoms with Crippen LogP contribution in [0.3, 0.4) is 0 Å². The molecule has 0 bridgehead atoms. The van der Waals surface area contributed by atoms with E-state index in [0.29, 0.717) is 117 Å². The number of aliphatic hydroxyl groups is 1. The van der Waals surface area contributed by atoms with E-state index in [2.05, 4.69) is 45.4 Å². The number of nitrogens with zero attached hydrogens (tertiary/aromatic N) is 8. The molecule has 2 fully saturated rings. The number of benzene rings is 6. The quantitative estimate of drug-likeness (QED) is 0.0121. The molecule has 5 atom stereocenters. The number of fused-ring (bicyclic) bond motifs is 9. The van der Waals surface area contributed by atoms with E-state index in [1.165, 1.54) is 20.3 Å². The molecule has 1 aromatic heterocycles. The third-order valence-electron chi connectivity index (χ3n) is 21.8. The van der Waals surface area contributed by atoms with Gasteiger partial charge in [-0.1, -0.05) is 105 Å². The van der Waals surface area contributed by atoms with Crippen molar-refractivity contribution >= 4 is 87.8 Å². The fourth-order valence-corrected chi connectivity index (χ4v) is 15.3. The summed E-state index contributed by atoms with van der Waals surface area (Å²) in [4.78, 5) is 122. The number of unbranched alkanes of at least 4 members (excludes halogenated alkanes) is 3. The smallest absolute Gasteiger partial charge is 0.416 e. The van der Waals surface area contributed by atoms with Crippen LogP contribution in [0.2, 0.25) is 0 Å². The monoisotopic (exact) mass is 1540 g/mol. The van der Waals surface area contributed by atoms with Crippen molar-refractivity contribution in [1.82, 2.24) is 40.7 Å². The normalized spacial score (nSPS) is 17.3. The van der Waals surface area contributed by atoms with Crippen LogP contribution >= 0.6 is 0 Å². The Labute approximate surface area is 656 Å². The Morgan fingerprint density at radius 2 is 1.41 bits per heavy atom. The summed E-state index contributed by atoms with van der Waals surface area (Å²) < 4.78 is 31.9. The van der Waals surface area contributed by atoms with Crippen molar-refractivity contribution in [2.45, 2.75) is 168 Å². The van der Waals surface area contributed by atoms with Crippen LogP contribution in [0.15, 0.2) is 133 Å². The molecule has 1 aliphatic carbocycles. The average Bonchev–Trinajstić information content (AvgIpc) is 1.57. The van der Waals surface area contributed by atoms with E-state index in [-0.39, 0.29) is 133 Å². The predicted molar refractivity (Wildman–Crippen MR) is 426 cm³/mol. The number of carbonyl (C=O) groups excluding carboxylic acids is 8. The van der Waals surface area contributed by atoms with Gasteiger partial charge in [0.2, 0.25) is 23.6 Å². The van der Waals surface area contributed by atoms with Crippen LogP contribution < -0.4 is 55.7 Å². The Morgan fingerprint density at radius 3 is 2.11 bits per heavy atom. The molecule has 8 N–H and O–H groups in total. The molecule has 7 aromatic rings. The summed E-state index contributed by atoms with van der Waals surface area (Å²) in [6, 6.07) is 34.7. The molecule has 0 radical (unpaired) electrons. The lowest BCUT2D eigenvalue weighted by Gasteiger charge is -2.31. The maximum atomic E-state index is 14.5. The first-order valence-electron chi connectivity index (χ1n) is 38.8. The van der Waals surface area contributed by atoms with E-state index in [1.54, 1.807) is 70.3 Å². The second-order valence-electron chi connectivity index (χ2n) is 30.6. The van der Waals surface area contributed by atoms with Gasteiger partial charge in [0.05, 0.1) is 86.0 Å². The van der Waals surface area contributed by atoms with Crippen molar-refractivity contribution in [3.8, 4) is 45.5 Å². The topological polar surface area (TPSA) is 357 Å². The Morgan fingerprint density at radius 1 is 0.717 bits per heavy atom. The van der Waals surface area contributed by atoms with E-state index in [1.807, 2.05) is 97.5 Å². The summed E-state index contributed by atoms with van der Waals surface area (Å²) in [6.45, 7) is 11.1. The zero-order chi connectivity index (χ0) is 79.8. The molecule has 113 heavy (non-hydrogen) atoms. The first-order valence-corrected chi connectivity index (χ1v) is 38.8. The SMILES string of the molecule is COc1cc2c(cc1OCCCCCOc1cc3c(cc1OC)C(=O)N1CC4(CC4)C[C@H]1C(O)N3C(=O)OCc1ccc(NC(=O)[C@H](C)CC(=O)[C@@H](NC(=O)CCCCNC(=O)CCC(=O)N3Cc4ccccc4-c4c(nnn4C(C)C)-c4ccccc43)C(C)C)cc1)N=C[C@@H]1CC(c3ccc(CNC(=N)N)cc3)=CN1C2=O. The number of nitrogens with one attached hydrogen (secondary N) is 5. The number of carbonyl (C=O) groups is 8. The number of methoxy groups -OCH3 is 2. The van der Waals surface area contributed by atoms with E-state index >= 15 is 0 Å². The Kier molecular flexibility index (Phi) is 24.4. The number of hydrogen-bond acceptors (Lipinski definition) is 18. The van der Waals surface area contributed by atoms with Gasteiger partial charge in [0.25, 0.3) is 11.8 Å². The molecule has 6 aromatic carbocycles. The highest BCUT2D eigenvalue weighted by Gasteiger charge is 2.58. The second-order valence-corrected chi connectivity index (χ2v) is 30.6. The number of rotatable bonds is 31. The van der Waals surface area contributed by atoms with Crippen molar-refractivity contribution in [3.63, 3.8) is 0 Å². The van der Waals surface area contributed by atoms with E-state index in [0.717, 1.165) is 56.8 Å². The summed E-state index contributed by atoms with van der Waals surface area (Å²) in [5, 5.41) is 40.2. The van der Waals surface area contributed by atoms with Crippen molar-refractivity contribution < 1.29 is 67.1 Å². The molecule has 7 amide bonds. The maximum Gasteiger partial charge on any atom is 0.416 e. The summed E-state index contributed by atoms with van der Waals surface area (Å²) in [5.41, 5.74) is 15.2. The van der Waals surface area contributed by atoms with E-state index in [9.17, 15) is 43.5 Å². The predicted octanol–water partition coefficient (Wildman–Crippen LogP) is 11.6. The van der Waals surface area contributed by atoms with Gasteiger partial charge in [-0.2, -0.15) is 0 Å². The lowest BCUT2D eigenvalue weighted by Crippen LogP contribution is -2.50. The number of amides is 7. The minimum atomic E-state index is -1.47. The van der Waals surface area contributed by atoms with Crippen molar-refractivity contribution in [2.24, 2.45) is 28.0 Å². The minimum absolute atomic E-state index is 0.0288. The highest BCUT2D eigenvalue weighted by atomic mass is 16.6. The summed E-state index contributed by atoms with van der Waals surface area (Å²) in [6.07, 6.45) is 6.85. The molecule has 28 heteroatoms. The number of ketones is 1. The van der Waals surface area contributed by atoms with Gasteiger partial charge in [0.1, 0.15) is 12.3 Å². The fourth-order valence-electron chi connectivity index (χ4n) is 15.3. The van der Waals surface area contributed by atoms with E-state index < -0.39 is 36.2 Å². The number of nitrogens with two attached hydrogens (primary N) is 1. The molecule has 28 nitrogen and oxygen atoms in total. The summed E-state index contributed by atoms with van der Waals surface area (Å²) >= 11 is 0. The molecular formula is C85H98N14O14. The lowest BCUT2D eigenvalue weighted by atomic mass is 9.92. The molecule has 592 valence electrons. The van der Waals surface area contributed by atoms with Gasteiger partial charge < -0.3 is 70.5 Å². The number of para-hydroxylation sites is 1. The number of anilines is 3. The number of ether oxygens (including phenoxy) is 5. The third-order valence-corrected chi connectivity index (χ3v) is 21.8. The largest absolute Gasteiger partial charge is 0.493 e. The van der Waals surface area contributed by atoms with Gasteiger partial charge >= 0.3 is 6.09 Å². The van der Waals surface area contributed by atoms with Crippen LogP contribution in [0.25, 0.3) is 28.1 Å². The molecule has 6 heterocycles. The summed E-state index contributed by atoms with van der Waals surface area (Å²) in [7, 11) is 2.98. The third kappa shape index (κ3) is 17.9. The first kappa shape index (κ1) is 79.2. The van der Waals surface area contributed by atoms with Gasteiger partial charge in [-0.25, -0.2) is 14.4 Å². The number of Topliss-reactive ketones (excluding diaryl/α,β-unsaturated/α-hetero) is 1. The maximum absolute atomic E-state index is 14.5. The van der Waals surface area contributed by atoms with Crippen LogP contribution in [-0.2, 0) is 48.4 Å². The zero-order valence-corrected chi connectivity index (χ0v) is 64.8.